The molecule has 1 aliphatic rings. The second kappa shape index (κ2) is 5.14. The molecule has 0 heterocycles. The Morgan fingerprint density at radius 3 is 2.50 bits per heavy atom. The predicted octanol–water partition coefficient (Wildman–Crippen LogP) is 3.04. The summed E-state index contributed by atoms with van der Waals surface area (Å²) in [5.41, 5.74) is -0.229. The van der Waals surface area contributed by atoms with Gasteiger partial charge < -0.3 is 4.74 Å². The van der Waals surface area contributed by atoms with Crippen molar-refractivity contribution in [1.82, 2.24) is 0 Å². The van der Waals surface area contributed by atoms with Crippen LogP contribution in [0.3, 0.4) is 0 Å². The van der Waals surface area contributed by atoms with Crippen LogP contribution in [0, 0.1) is 11.6 Å². The minimum absolute atomic E-state index is 0.0477. The van der Waals surface area contributed by atoms with Crippen LogP contribution in [-0.4, -0.2) is 18.5 Å². The van der Waals surface area contributed by atoms with Gasteiger partial charge in [-0.2, -0.15) is 0 Å². The Kier molecular flexibility index (Phi) is 3.76. The lowest BCUT2D eigenvalue weighted by Gasteiger charge is -2.25. The third-order valence-corrected chi connectivity index (χ3v) is 3.66. The maximum absolute atomic E-state index is 13.1. The summed E-state index contributed by atoms with van der Waals surface area (Å²) < 4.78 is 31.2. The van der Waals surface area contributed by atoms with Crippen LogP contribution in [0.25, 0.3) is 0 Å². The van der Waals surface area contributed by atoms with Crippen LogP contribution in [0.2, 0.25) is 0 Å². The Hall–Kier alpha value is -1.29. The van der Waals surface area contributed by atoms with Gasteiger partial charge in [-0.1, -0.05) is 6.07 Å². The lowest BCUT2D eigenvalue weighted by molar-refractivity contribution is -0.139. The number of methoxy groups -OCH3 is 1. The van der Waals surface area contributed by atoms with E-state index >= 15 is 0 Å². The SMILES string of the molecule is COC1(C(=O)Cc2ccc(F)c(F)c2)CCCC1. The van der Waals surface area contributed by atoms with Crippen LogP contribution < -0.4 is 0 Å². The summed E-state index contributed by atoms with van der Waals surface area (Å²) >= 11 is 0. The van der Waals surface area contributed by atoms with Crippen molar-refractivity contribution >= 4 is 5.78 Å². The topological polar surface area (TPSA) is 26.3 Å². The normalized spacial score (nSPS) is 17.9. The maximum atomic E-state index is 13.1. The maximum Gasteiger partial charge on any atom is 0.168 e. The van der Waals surface area contributed by atoms with Crippen molar-refractivity contribution in [3.8, 4) is 0 Å². The van der Waals surface area contributed by atoms with E-state index in [0.29, 0.717) is 18.4 Å². The van der Waals surface area contributed by atoms with Gasteiger partial charge in [0.2, 0.25) is 0 Å². The summed E-state index contributed by atoms with van der Waals surface area (Å²) in [5.74, 6) is -1.86. The van der Waals surface area contributed by atoms with Gasteiger partial charge in [0.05, 0.1) is 0 Å². The molecule has 0 amide bonds. The van der Waals surface area contributed by atoms with Crippen molar-refractivity contribution in [3.63, 3.8) is 0 Å². The van der Waals surface area contributed by atoms with E-state index in [2.05, 4.69) is 0 Å². The lowest BCUT2D eigenvalue weighted by Crippen LogP contribution is -2.38. The highest BCUT2D eigenvalue weighted by Crippen LogP contribution is 2.34. The Balaban J connectivity index is 2.13. The number of rotatable bonds is 4. The average Bonchev–Trinajstić information content (AvgIpc) is 2.84. The molecule has 0 aromatic heterocycles. The lowest BCUT2D eigenvalue weighted by atomic mass is 9.91. The molecule has 0 unspecified atom stereocenters. The first-order valence-electron chi connectivity index (χ1n) is 6.10. The first-order chi connectivity index (χ1) is 8.57. The second-order valence-corrected chi connectivity index (χ2v) is 4.75. The molecule has 18 heavy (non-hydrogen) atoms. The highest BCUT2D eigenvalue weighted by molar-refractivity contribution is 5.89. The smallest absolute Gasteiger partial charge is 0.168 e. The number of carbonyl (C=O) groups excluding carboxylic acids is 1. The number of hydrogen-bond donors (Lipinski definition) is 0. The highest BCUT2D eigenvalue weighted by Gasteiger charge is 2.40. The van der Waals surface area contributed by atoms with E-state index < -0.39 is 17.2 Å². The standard InChI is InChI=1S/C14H16F2O2/c1-18-14(6-2-3-7-14)13(17)9-10-4-5-11(15)12(16)8-10/h4-5,8H,2-3,6-7,9H2,1H3. The van der Waals surface area contributed by atoms with E-state index in [4.69, 9.17) is 4.74 Å². The molecule has 2 rings (SSSR count). The van der Waals surface area contributed by atoms with Crippen LogP contribution in [0.5, 0.6) is 0 Å². The van der Waals surface area contributed by atoms with Gasteiger partial charge in [0.15, 0.2) is 17.4 Å². The molecule has 0 bridgehead atoms. The Labute approximate surface area is 105 Å². The van der Waals surface area contributed by atoms with E-state index in [1.807, 2.05) is 0 Å². The largest absolute Gasteiger partial charge is 0.370 e. The summed E-state index contributed by atoms with van der Waals surface area (Å²) in [7, 11) is 1.54. The van der Waals surface area contributed by atoms with Crippen molar-refractivity contribution in [2.45, 2.75) is 37.7 Å². The van der Waals surface area contributed by atoms with Crippen molar-refractivity contribution < 1.29 is 18.3 Å². The molecule has 0 aliphatic heterocycles. The van der Waals surface area contributed by atoms with E-state index in [-0.39, 0.29) is 12.2 Å². The van der Waals surface area contributed by atoms with Gasteiger partial charge in [-0.25, -0.2) is 8.78 Å². The molecular weight excluding hydrogens is 238 g/mol. The predicted molar refractivity (Wildman–Crippen MR) is 63.3 cm³/mol. The van der Waals surface area contributed by atoms with Gasteiger partial charge >= 0.3 is 0 Å². The molecule has 98 valence electrons. The summed E-state index contributed by atoms with van der Waals surface area (Å²) in [6.07, 6.45) is 3.46. The zero-order valence-corrected chi connectivity index (χ0v) is 10.3. The number of carbonyl (C=O) groups is 1. The molecule has 1 aromatic carbocycles. The number of benzene rings is 1. The first kappa shape index (κ1) is 13.1. The van der Waals surface area contributed by atoms with E-state index in [1.165, 1.54) is 13.2 Å². The molecule has 1 fully saturated rings. The monoisotopic (exact) mass is 254 g/mol. The van der Waals surface area contributed by atoms with Gasteiger partial charge in [0.1, 0.15) is 5.60 Å². The van der Waals surface area contributed by atoms with E-state index in [1.54, 1.807) is 0 Å². The summed E-state index contributed by atoms with van der Waals surface area (Å²) in [5, 5.41) is 0. The molecule has 1 saturated carbocycles. The number of halogens is 2. The van der Waals surface area contributed by atoms with Crippen molar-refractivity contribution in [2.75, 3.05) is 7.11 Å². The zero-order chi connectivity index (χ0) is 13.2. The average molecular weight is 254 g/mol. The van der Waals surface area contributed by atoms with Crippen LogP contribution >= 0.6 is 0 Å². The number of hydrogen-bond acceptors (Lipinski definition) is 2. The third-order valence-electron chi connectivity index (χ3n) is 3.66. The number of ketones is 1. The summed E-state index contributed by atoms with van der Waals surface area (Å²) in [6, 6.07) is 3.56. The quantitative estimate of drug-likeness (QED) is 0.825. The number of ether oxygens (including phenoxy) is 1. The molecule has 2 nitrogen and oxygen atoms in total. The molecular formula is C14H16F2O2. The van der Waals surface area contributed by atoms with Crippen LogP contribution in [0.1, 0.15) is 31.2 Å². The van der Waals surface area contributed by atoms with Gasteiger partial charge in [0, 0.05) is 13.5 Å². The Morgan fingerprint density at radius 1 is 1.28 bits per heavy atom. The van der Waals surface area contributed by atoms with E-state index in [0.717, 1.165) is 25.0 Å². The van der Waals surface area contributed by atoms with Gasteiger partial charge in [-0.3, -0.25) is 4.79 Å². The minimum atomic E-state index is -0.918. The summed E-state index contributed by atoms with van der Waals surface area (Å²) in [6.45, 7) is 0. The zero-order valence-electron chi connectivity index (χ0n) is 10.3. The van der Waals surface area contributed by atoms with Gasteiger partial charge in [-0.15, -0.1) is 0 Å². The third kappa shape index (κ3) is 2.43. The van der Waals surface area contributed by atoms with Gasteiger partial charge in [-0.05, 0) is 43.4 Å². The Morgan fingerprint density at radius 2 is 1.94 bits per heavy atom. The summed E-state index contributed by atoms with van der Waals surface area (Å²) in [4.78, 5) is 12.2. The molecule has 0 atom stereocenters. The van der Waals surface area contributed by atoms with Crippen LogP contribution in [0.15, 0.2) is 18.2 Å². The van der Waals surface area contributed by atoms with Crippen LogP contribution in [-0.2, 0) is 16.0 Å². The van der Waals surface area contributed by atoms with Crippen molar-refractivity contribution in [1.29, 1.82) is 0 Å². The fourth-order valence-electron chi connectivity index (χ4n) is 2.54. The molecule has 0 N–H and O–H groups in total. The number of Topliss-reactive ketones (excluding diaryl/α,β-unsaturated/α-hetero) is 1. The first-order valence-corrected chi connectivity index (χ1v) is 6.10. The second-order valence-electron chi connectivity index (χ2n) is 4.75. The Bertz CT molecular complexity index is 451. The van der Waals surface area contributed by atoms with Crippen molar-refractivity contribution in [2.24, 2.45) is 0 Å². The molecule has 1 aromatic rings. The van der Waals surface area contributed by atoms with Gasteiger partial charge in [0.25, 0.3) is 0 Å². The molecule has 1 aliphatic carbocycles. The molecule has 0 spiro atoms. The molecule has 4 heteroatoms. The van der Waals surface area contributed by atoms with Crippen molar-refractivity contribution in [3.05, 3.63) is 35.4 Å². The highest BCUT2D eigenvalue weighted by atomic mass is 19.2. The molecule has 0 saturated heterocycles. The minimum Gasteiger partial charge on any atom is -0.370 e. The molecule has 0 radical (unpaired) electrons. The fourth-order valence-corrected chi connectivity index (χ4v) is 2.54. The van der Waals surface area contributed by atoms with Crippen LogP contribution in [0.4, 0.5) is 8.78 Å². The van der Waals surface area contributed by atoms with E-state index in [9.17, 15) is 13.6 Å². The fraction of sp³-hybridized carbons (Fsp3) is 0.500.